The van der Waals surface area contributed by atoms with Crippen LogP contribution >= 0.6 is 23.1 Å². The lowest BCUT2D eigenvalue weighted by Gasteiger charge is -2.09. The third-order valence-corrected chi connectivity index (χ3v) is 5.19. The number of hydrogen-bond donors (Lipinski definition) is 1. The van der Waals surface area contributed by atoms with Gasteiger partial charge in [-0.05, 0) is 19.1 Å². The van der Waals surface area contributed by atoms with E-state index in [-0.39, 0.29) is 11.5 Å². The van der Waals surface area contributed by atoms with Crippen LogP contribution in [0.25, 0.3) is 4.96 Å². The Hall–Kier alpha value is -2.19. The molecule has 0 aliphatic carbocycles. The number of aryl methyl sites for hydroxylation is 1. The second kappa shape index (κ2) is 7.14. The van der Waals surface area contributed by atoms with Gasteiger partial charge in [-0.25, -0.2) is 4.98 Å². The fraction of sp³-hybridized carbons (Fsp3) is 0.250. The predicted octanol–water partition coefficient (Wildman–Crippen LogP) is 3.10. The van der Waals surface area contributed by atoms with Gasteiger partial charge in [0.05, 0.1) is 11.4 Å². The van der Waals surface area contributed by atoms with E-state index in [1.165, 1.54) is 33.7 Å². The second-order valence-corrected chi connectivity index (χ2v) is 7.27. The minimum atomic E-state index is -0.174. The van der Waals surface area contributed by atoms with Gasteiger partial charge in [0.1, 0.15) is 5.01 Å². The van der Waals surface area contributed by atoms with Crippen molar-refractivity contribution in [3.63, 3.8) is 0 Å². The normalized spacial score (nSPS) is 10.9. The smallest absolute Gasteiger partial charge is 0.275 e. The molecule has 0 atom stereocenters. The van der Waals surface area contributed by atoms with Gasteiger partial charge in [-0.3, -0.25) is 9.59 Å². The summed E-state index contributed by atoms with van der Waals surface area (Å²) >= 11 is 2.93. The Kier molecular flexibility index (Phi) is 4.96. The molecule has 0 saturated heterocycles. The average Bonchev–Trinajstić information content (AvgIpc) is 2.95. The van der Waals surface area contributed by atoms with E-state index in [0.29, 0.717) is 22.8 Å². The molecule has 124 valence electrons. The Morgan fingerprint density at radius 2 is 2.17 bits per heavy atom. The van der Waals surface area contributed by atoms with E-state index < -0.39 is 0 Å². The van der Waals surface area contributed by atoms with Crippen molar-refractivity contribution in [3.8, 4) is 0 Å². The number of benzene rings is 1. The molecule has 0 radical (unpaired) electrons. The molecule has 24 heavy (non-hydrogen) atoms. The standard InChI is InChI=1S/C16H16N4O2S2/c1-3-14(21)18-12-6-4-5-7-13(12)23-9-11-8-15(22)20-16(17-11)24-10(2)19-20/h4-8H,3,9H2,1-2H3,(H,18,21). The van der Waals surface area contributed by atoms with E-state index >= 15 is 0 Å². The number of aromatic nitrogens is 3. The van der Waals surface area contributed by atoms with Crippen molar-refractivity contribution < 1.29 is 4.79 Å². The first-order valence-electron chi connectivity index (χ1n) is 7.45. The number of fused-ring (bicyclic) bond motifs is 1. The maximum Gasteiger partial charge on any atom is 0.275 e. The summed E-state index contributed by atoms with van der Waals surface area (Å²) in [5.41, 5.74) is 1.30. The molecule has 0 saturated carbocycles. The van der Waals surface area contributed by atoms with Gasteiger partial charge < -0.3 is 5.32 Å². The summed E-state index contributed by atoms with van der Waals surface area (Å²) in [6.45, 7) is 3.66. The van der Waals surface area contributed by atoms with E-state index in [9.17, 15) is 9.59 Å². The highest BCUT2D eigenvalue weighted by Gasteiger charge is 2.09. The van der Waals surface area contributed by atoms with E-state index in [1.807, 2.05) is 38.1 Å². The van der Waals surface area contributed by atoms with Crippen LogP contribution in [-0.4, -0.2) is 20.5 Å². The fourth-order valence-corrected chi connectivity index (χ4v) is 3.78. The highest BCUT2D eigenvalue weighted by Crippen LogP contribution is 2.29. The molecule has 1 aromatic carbocycles. The number of amides is 1. The maximum atomic E-state index is 12.1. The molecule has 3 aromatic rings. The van der Waals surface area contributed by atoms with Crippen LogP contribution in [0, 0.1) is 6.92 Å². The first-order chi connectivity index (χ1) is 11.6. The van der Waals surface area contributed by atoms with Gasteiger partial charge in [0.15, 0.2) is 0 Å². The number of hydrogen-bond acceptors (Lipinski definition) is 6. The zero-order valence-corrected chi connectivity index (χ0v) is 14.9. The first-order valence-corrected chi connectivity index (χ1v) is 9.25. The molecule has 8 heteroatoms. The van der Waals surface area contributed by atoms with Crippen molar-refractivity contribution in [1.82, 2.24) is 14.6 Å². The molecule has 1 amide bonds. The number of thioether (sulfide) groups is 1. The van der Waals surface area contributed by atoms with Crippen molar-refractivity contribution >= 4 is 39.7 Å². The Bertz CT molecular complexity index is 949. The van der Waals surface area contributed by atoms with Gasteiger partial charge >= 0.3 is 0 Å². The predicted molar refractivity (Wildman–Crippen MR) is 96.8 cm³/mol. The summed E-state index contributed by atoms with van der Waals surface area (Å²) in [5.74, 6) is 0.516. The third-order valence-electron chi connectivity index (χ3n) is 3.26. The van der Waals surface area contributed by atoms with E-state index in [4.69, 9.17) is 0 Å². The summed E-state index contributed by atoms with van der Waals surface area (Å²) in [4.78, 5) is 29.7. The molecule has 2 aromatic heterocycles. The zero-order chi connectivity index (χ0) is 17.1. The van der Waals surface area contributed by atoms with Crippen LogP contribution in [0.15, 0.2) is 40.0 Å². The molecular weight excluding hydrogens is 344 g/mol. The molecular formula is C16H16N4O2S2. The number of para-hydroxylation sites is 1. The molecule has 0 spiro atoms. The lowest BCUT2D eigenvalue weighted by Crippen LogP contribution is -2.15. The Balaban J connectivity index is 1.81. The Morgan fingerprint density at radius 1 is 1.38 bits per heavy atom. The van der Waals surface area contributed by atoms with Gasteiger partial charge in [-0.1, -0.05) is 30.4 Å². The van der Waals surface area contributed by atoms with E-state index in [1.54, 1.807) is 0 Å². The number of anilines is 1. The Labute approximate surface area is 146 Å². The van der Waals surface area contributed by atoms with Crippen molar-refractivity contribution in [2.24, 2.45) is 0 Å². The minimum Gasteiger partial charge on any atom is -0.325 e. The molecule has 6 nitrogen and oxygen atoms in total. The third kappa shape index (κ3) is 3.65. The number of nitrogens with zero attached hydrogens (tertiary/aromatic N) is 3. The van der Waals surface area contributed by atoms with Crippen LogP contribution in [0.2, 0.25) is 0 Å². The lowest BCUT2D eigenvalue weighted by atomic mass is 10.3. The molecule has 2 heterocycles. The molecule has 0 bridgehead atoms. The highest BCUT2D eigenvalue weighted by molar-refractivity contribution is 7.98. The molecule has 1 N–H and O–H groups in total. The second-order valence-electron chi connectivity index (χ2n) is 5.09. The molecule has 0 unspecified atom stereocenters. The summed E-state index contributed by atoms with van der Waals surface area (Å²) in [6, 6.07) is 9.12. The number of nitrogens with one attached hydrogen (secondary N) is 1. The average molecular weight is 360 g/mol. The highest BCUT2D eigenvalue weighted by atomic mass is 32.2. The summed E-state index contributed by atoms with van der Waals surface area (Å²) < 4.78 is 1.32. The molecule has 0 fully saturated rings. The number of carbonyl (C=O) groups excluding carboxylic acids is 1. The van der Waals surface area contributed by atoms with Crippen molar-refractivity contribution in [2.45, 2.75) is 30.9 Å². The van der Waals surface area contributed by atoms with Gasteiger partial charge in [0, 0.05) is 23.1 Å². The largest absolute Gasteiger partial charge is 0.325 e. The van der Waals surface area contributed by atoms with Crippen molar-refractivity contribution in [2.75, 3.05) is 5.32 Å². The fourth-order valence-electron chi connectivity index (χ4n) is 2.11. The monoisotopic (exact) mass is 360 g/mol. The van der Waals surface area contributed by atoms with Gasteiger partial charge in [0.2, 0.25) is 10.9 Å². The molecule has 3 rings (SSSR count). The summed E-state index contributed by atoms with van der Waals surface area (Å²) in [6.07, 6.45) is 0.429. The summed E-state index contributed by atoms with van der Waals surface area (Å²) in [7, 11) is 0. The number of rotatable bonds is 5. The van der Waals surface area contributed by atoms with Crippen LogP contribution in [-0.2, 0) is 10.5 Å². The van der Waals surface area contributed by atoms with E-state index in [0.717, 1.165) is 15.6 Å². The van der Waals surface area contributed by atoms with Gasteiger partial charge in [-0.2, -0.15) is 9.61 Å². The maximum absolute atomic E-state index is 12.1. The van der Waals surface area contributed by atoms with Crippen molar-refractivity contribution in [1.29, 1.82) is 0 Å². The zero-order valence-electron chi connectivity index (χ0n) is 13.3. The van der Waals surface area contributed by atoms with Crippen LogP contribution in [0.4, 0.5) is 5.69 Å². The van der Waals surface area contributed by atoms with E-state index in [2.05, 4.69) is 15.4 Å². The van der Waals surface area contributed by atoms with Crippen LogP contribution in [0.5, 0.6) is 0 Å². The number of carbonyl (C=O) groups is 1. The quantitative estimate of drug-likeness (QED) is 0.708. The van der Waals surface area contributed by atoms with Crippen LogP contribution in [0.3, 0.4) is 0 Å². The van der Waals surface area contributed by atoms with Crippen molar-refractivity contribution in [3.05, 3.63) is 51.4 Å². The van der Waals surface area contributed by atoms with Crippen LogP contribution in [0.1, 0.15) is 24.0 Å². The van der Waals surface area contributed by atoms with Gasteiger partial charge in [-0.15, -0.1) is 11.8 Å². The molecule has 0 aliphatic rings. The van der Waals surface area contributed by atoms with Gasteiger partial charge in [0.25, 0.3) is 5.56 Å². The topological polar surface area (TPSA) is 76.4 Å². The Morgan fingerprint density at radius 3 is 2.96 bits per heavy atom. The van der Waals surface area contributed by atoms with Crippen LogP contribution < -0.4 is 10.9 Å². The lowest BCUT2D eigenvalue weighted by molar-refractivity contribution is -0.115. The summed E-state index contributed by atoms with van der Waals surface area (Å²) in [5, 5.41) is 7.82. The SMILES string of the molecule is CCC(=O)Nc1ccccc1SCc1cc(=O)n2nc(C)sc2n1. The molecule has 0 aliphatic heterocycles. The minimum absolute atomic E-state index is 0.0269. The first kappa shape index (κ1) is 16.7.